The summed E-state index contributed by atoms with van der Waals surface area (Å²) in [4.78, 5) is 50.0. The highest BCUT2D eigenvalue weighted by molar-refractivity contribution is 5.86. The molecular formula is C31H38O11. The van der Waals surface area contributed by atoms with Gasteiger partial charge in [0.15, 0.2) is 23.7 Å². The van der Waals surface area contributed by atoms with E-state index in [0.717, 1.165) is 30.9 Å². The molecule has 1 spiro atoms. The van der Waals surface area contributed by atoms with Crippen LogP contribution in [0.15, 0.2) is 24.0 Å². The van der Waals surface area contributed by atoms with E-state index in [9.17, 15) is 24.3 Å². The number of benzene rings is 1. The van der Waals surface area contributed by atoms with Gasteiger partial charge in [-0.25, -0.2) is 9.59 Å². The Morgan fingerprint density at radius 2 is 1.88 bits per heavy atom. The molecule has 0 saturated heterocycles. The van der Waals surface area contributed by atoms with Crippen LogP contribution in [0.1, 0.15) is 70.9 Å². The van der Waals surface area contributed by atoms with Crippen molar-refractivity contribution in [1.82, 2.24) is 0 Å². The molecule has 1 heterocycles. The van der Waals surface area contributed by atoms with Crippen LogP contribution in [0.25, 0.3) is 0 Å². The van der Waals surface area contributed by atoms with Crippen LogP contribution in [0.5, 0.6) is 11.5 Å². The zero-order chi connectivity index (χ0) is 30.4. The number of esters is 4. The number of hydrogen-bond acceptors (Lipinski definition) is 11. The number of hydrogen-bond donors (Lipinski definition) is 1. The Bertz CT molecular complexity index is 1320. The maximum absolute atomic E-state index is 13.4. The molecule has 0 aromatic heterocycles. The first-order valence-corrected chi connectivity index (χ1v) is 14.5. The van der Waals surface area contributed by atoms with Gasteiger partial charge in [0.1, 0.15) is 5.76 Å². The molecule has 3 aliphatic carbocycles. The van der Waals surface area contributed by atoms with Crippen molar-refractivity contribution in [3.05, 3.63) is 35.1 Å². The first-order valence-electron chi connectivity index (χ1n) is 14.5. The van der Waals surface area contributed by atoms with Crippen molar-refractivity contribution in [2.75, 3.05) is 13.7 Å². The van der Waals surface area contributed by atoms with E-state index in [1.165, 1.54) is 6.92 Å². The first kappa shape index (κ1) is 29.9. The van der Waals surface area contributed by atoms with E-state index in [1.807, 2.05) is 26.0 Å². The van der Waals surface area contributed by atoms with Crippen LogP contribution in [-0.4, -0.2) is 66.6 Å². The third-order valence-corrected chi connectivity index (χ3v) is 8.81. The van der Waals surface area contributed by atoms with Crippen LogP contribution >= 0.6 is 0 Å². The van der Waals surface area contributed by atoms with Gasteiger partial charge in [-0.2, -0.15) is 0 Å². The fourth-order valence-electron chi connectivity index (χ4n) is 7.05. The van der Waals surface area contributed by atoms with Crippen molar-refractivity contribution in [2.45, 2.75) is 95.5 Å². The van der Waals surface area contributed by atoms with Gasteiger partial charge in [-0.1, -0.05) is 26.3 Å². The highest BCUT2D eigenvalue weighted by atomic mass is 16.6. The Hall–Kier alpha value is -3.60. The minimum atomic E-state index is -1.63. The van der Waals surface area contributed by atoms with Gasteiger partial charge in [-0.15, -0.1) is 0 Å². The minimum Gasteiger partial charge on any atom is -0.493 e. The van der Waals surface area contributed by atoms with Gasteiger partial charge in [0.25, 0.3) is 0 Å². The second-order valence-electron chi connectivity index (χ2n) is 12.0. The van der Waals surface area contributed by atoms with E-state index in [2.05, 4.69) is 0 Å². The van der Waals surface area contributed by atoms with Gasteiger partial charge in [-0.3, -0.25) is 9.59 Å². The van der Waals surface area contributed by atoms with E-state index >= 15 is 0 Å². The Kier molecular flexibility index (Phi) is 8.00. The second kappa shape index (κ2) is 11.2. The summed E-state index contributed by atoms with van der Waals surface area (Å²) in [6, 6.07) is 3.86. The molecule has 4 aliphatic rings. The molecule has 11 heteroatoms. The molecule has 1 saturated carbocycles. The lowest BCUT2D eigenvalue weighted by Crippen LogP contribution is -2.67. The number of aliphatic hydroxyl groups is 1. The zero-order valence-electron chi connectivity index (χ0n) is 24.6. The smallest absolute Gasteiger partial charge is 0.353 e. The van der Waals surface area contributed by atoms with Crippen molar-refractivity contribution in [1.29, 1.82) is 0 Å². The van der Waals surface area contributed by atoms with Gasteiger partial charge in [0.2, 0.25) is 6.10 Å². The molecule has 5 rings (SSSR count). The topological polar surface area (TPSA) is 144 Å². The lowest BCUT2D eigenvalue weighted by molar-refractivity contribution is -0.177. The molecule has 228 valence electrons. The molecule has 1 aromatic carbocycles. The standard InChI is InChI=1S/C31H38O11/c1-16(2)15-38-28(34)17(3)39-24(33)14-23(40-18(4)32)29(35)41-22-10-12-31(36)20-7-6-11-30(31)25-19(13-20)8-9-21(37-5)26(25)42-27(22)30/h8-10,16-17,20,23,27,36H,6-7,11-15H2,1-5H3/t17-,20+,23-,27-,30-,31+/m0/s1. The highest BCUT2D eigenvalue weighted by Crippen LogP contribution is 2.67. The van der Waals surface area contributed by atoms with Crippen molar-refractivity contribution in [3.8, 4) is 11.5 Å². The lowest BCUT2D eigenvalue weighted by atomic mass is 9.47. The molecule has 42 heavy (non-hydrogen) atoms. The molecule has 1 aromatic rings. The minimum absolute atomic E-state index is 0.00970. The predicted octanol–water partition coefficient (Wildman–Crippen LogP) is 3.06. The number of ether oxygens (including phenoxy) is 6. The number of methoxy groups -OCH3 is 1. The summed E-state index contributed by atoms with van der Waals surface area (Å²) in [6.45, 7) is 6.35. The molecule has 0 unspecified atom stereocenters. The average Bonchev–Trinajstić information content (AvgIpc) is 3.27. The normalized spacial score (nSPS) is 27.9. The molecule has 6 atom stereocenters. The fourth-order valence-corrected chi connectivity index (χ4v) is 7.05. The molecule has 11 nitrogen and oxygen atoms in total. The second-order valence-corrected chi connectivity index (χ2v) is 12.0. The van der Waals surface area contributed by atoms with Crippen LogP contribution in [0.2, 0.25) is 0 Å². The predicted molar refractivity (Wildman–Crippen MR) is 145 cm³/mol. The third kappa shape index (κ3) is 4.91. The summed E-state index contributed by atoms with van der Waals surface area (Å²) in [5, 5.41) is 12.2. The molecule has 0 amide bonds. The summed E-state index contributed by atoms with van der Waals surface area (Å²) in [6.07, 6.45) is 0.614. The van der Waals surface area contributed by atoms with Crippen molar-refractivity contribution in [3.63, 3.8) is 0 Å². The van der Waals surface area contributed by atoms with Crippen LogP contribution in [-0.2, 0) is 50.0 Å². The Morgan fingerprint density at radius 1 is 1.12 bits per heavy atom. The van der Waals surface area contributed by atoms with Gasteiger partial charge < -0.3 is 33.5 Å². The van der Waals surface area contributed by atoms with Crippen molar-refractivity contribution in [2.24, 2.45) is 11.8 Å². The van der Waals surface area contributed by atoms with Gasteiger partial charge in [0.05, 0.1) is 31.2 Å². The Balaban J connectivity index is 1.36. The number of rotatable bonds is 10. The van der Waals surface area contributed by atoms with Crippen LogP contribution in [0.3, 0.4) is 0 Å². The van der Waals surface area contributed by atoms with Crippen molar-refractivity contribution >= 4 is 23.9 Å². The molecule has 1 fully saturated rings. The van der Waals surface area contributed by atoms with E-state index in [0.29, 0.717) is 24.3 Å². The SMILES string of the molecule is COc1ccc2c3c1O[C@H]1C(OC(=O)[C@H](CC(=O)O[C@@H](C)C(=O)OCC(C)C)OC(C)=O)=CC[C@@]4(O)[C@H](CCC[C@]314)C2. The first-order chi connectivity index (χ1) is 19.9. The molecular weight excluding hydrogens is 548 g/mol. The summed E-state index contributed by atoms with van der Waals surface area (Å²) in [5.74, 6) is -2.14. The van der Waals surface area contributed by atoms with Crippen LogP contribution < -0.4 is 9.47 Å². The highest BCUT2D eigenvalue weighted by Gasteiger charge is 2.71. The number of carbonyl (C=O) groups is 4. The molecule has 1 N–H and O–H groups in total. The lowest BCUT2D eigenvalue weighted by Gasteiger charge is -2.59. The maximum atomic E-state index is 13.4. The Labute approximate surface area is 244 Å². The van der Waals surface area contributed by atoms with Gasteiger partial charge in [0, 0.05) is 12.5 Å². The van der Waals surface area contributed by atoms with Gasteiger partial charge >= 0.3 is 23.9 Å². The molecule has 0 radical (unpaired) electrons. The van der Waals surface area contributed by atoms with E-state index in [4.69, 9.17) is 28.4 Å². The van der Waals surface area contributed by atoms with Crippen LogP contribution in [0, 0.1) is 11.8 Å². The summed E-state index contributed by atoms with van der Waals surface area (Å²) >= 11 is 0. The summed E-state index contributed by atoms with van der Waals surface area (Å²) in [7, 11) is 1.55. The van der Waals surface area contributed by atoms with Crippen molar-refractivity contribution < 1.29 is 52.7 Å². The monoisotopic (exact) mass is 586 g/mol. The number of carbonyl (C=O) groups excluding carboxylic acids is 4. The van der Waals surface area contributed by atoms with E-state index < -0.39 is 59.6 Å². The largest absolute Gasteiger partial charge is 0.493 e. The fraction of sp³-hybridized carbons (Fsp3) is 0.613. The van der Waals surface area contributed by atoms with Crippen LogP contribution in [0.4, 0.5) is 0 Å². The summed E-state index contributed by atoms with van der Waals surface area (Å²) in [5.41, 5.74) is 0.0251. The van der Waals surface area contributed by atoms with Gasteiger partial charge in [-0.05, 0) is 62.1 Å². The maximum Gasteiger partial charge on any atom is 0.353 e. The quantitative estimate of drug-likeness (QED) is 0.319. The average molecular weight is 587 g/mol. The van der Waals surface area contributed by atoms with E-state index in [-0.39, 0.29) is 30.6 Å². The molecule has 2 bridgehead atoms. The Morgan fingerprint density at radius 3 is 2.57 bits per heavy atom. The van der Waals surface area contributed by atoms with E-state index in [1.54, 1.807) is 13.2 Å². The third-order valence-electron chi connectivity index (χ3n) is 8.81. The molecule has 1 aliphatic heterocycles. The summed E-state index contributed by atoms with van der Waals surface area (Å²) < 4.78 is 33.2. The zero-order valence-corrected chi connectivity index (χ0v) is 24.6.